The Hall–Kier alpha value is -2.76. The first-order valence-corrected chi connectivity index (χ1v) is 9.75. The lowest BCUT2D eigenvalue weighted by molar-refractivity contribution is -0.0534. The van der Waals surface area contributed by atoms with Crippen LogP contribution in [0.5, 0.6) is 0 Å². The van der Waals surface area contributed by atoms with E-state index in [-0.39, 0.29) is 11.6 Å². The Bertz CT molecular complexity index is 1100. The summed E-state index contributed by atoms with van der Waals surface area (Å²) in [6.45, 7) is 1.74. The van der Waals surface area contributed by atoms with E-state index in [1.165, 1.54) is 4.80 Å². The van der Waals surface area contributed by atoms with Crippen LogP contribution in [0.15, 0.2) is 18.2 Å². The predicted molar refractivity (Wildman–Crippen MR) is 102 cm³/mol. The molecule has 0 bridgehead atoms. The third kappa shape index (κ3) is 3.18. The average Bonchev–Trinajstić information content (AvgIpc) is 3.40. The molecule has 2 aliphatic heterocycles. The third-order valence-corrected chi connectivity index (χ3v) is 5.89. The lowest BCUT2D eigenvalue weighted by atomic mass is 9.93. The van der Waals surface area contributed by atoms with Crippen LogP contribution in [-0.2, 0) is 31.9 Å². The average molecular weight is 416 g/mol. The van der Waals surface area contributed by atoms with E-state index in [4.69, 9.17) is 15.5 Å². The second kappa shape index (κ2) is 7.18. The lowest BCUT2D eigenvalue weighted by Crippen LogP contribution is -2.47. The van der Waals surface area contributed by atoms with Crippen LogP contribution in [0.3, 0.4) is 0 Å². The van der Waals surface area contributed by atoms with Gasteiger partial charge in [0.25, 0.3) is 0 Å². The molecule has 158 valence electrons. The van der Waals surface area contributed by atoms with E-state index in [1.807, 2.05) is 11.6 Å². The van der Waals surface area contributed by atoms with Crippen molar-refractivity contribution in [2.75, 3.05) is 6.61 Å². The highest BCUT2D eigenvalue weighted by atomic mass is 19.1. The van der Waals surface area contributed by atoms with Gasteiger partial charge in [0.15, 0.2) is 5.82 Å². The van der Waals surface area contributed by atoms with Gasteiger partial charge in [0.2, 0.25) is 5.82 Å². The Balaban J connectivity index is 1.29. The van der Waals surface area contributed by atoms with E-state index >= 15 is 0 Å². The monoisotopic (exact) mass is 416 g/mol. The van der Waals surface area contributed by atoms with Crippen LogP contribution < -0.4 is 5.73 Å². The maximum absolute atomic E-state index is 14.1. The number of nitrogens with two attached hydrogens (primary N) is 1. The lowest BCUT2D eigenvalue weighted by Gasteiger charge is -2.38. The van der Waals surface area contributed by atoms with Crippen molar-refractivity contribution >= 4 is 0 Å². The van der Waals surface area contributed by atoms with Gasteiger partial charge in [-0.25, -0.2) is 13.8 Å². The Morgan fingerprint density at radius 2 is 2.03 bits per heavy atom. The number of halogens is 2. The molecule has 0 spiro atoms. The van der Waals surface area contributed by atoms with Gasteiger partial charge >= 0.3 is 0 Å². The molecule has 9 nitrogen and oxygen atoms in total. The van der Waals surface area contributed by atoms with Crippen LogP contribution in [0.25, 0.3) is 11.6 Å². The number of rotatable bonds is 3. The van der Waals surface area contributed by atoms with Crippen molar-refractivity contribution in [3.05, 3.63) is 46.8 Å². The van der Waals surface area contributed by atoms with Crippen LogP contribution >= 0.6 is 0 Å². The fourth-order valence-electron chi connectivity index (χ4n) is 4.34. The maximum Gasteiger partial charge on any atom is 0.240 e. The second-order valence-electron chi connectivity index (χ2n) is 7.87. The molecular formula is C19H22F2N8O. The number of aromatic nitrogens is 6. The van der Waals surface area contributed by atoms with Gasteiger partial charge in [-0.2, -0.15) is 4.80 Å². The summed E-state index contributed by atoms with van der Waals surface area (Å²) in [4.78, 5) is 8.36. The fourth-order valence-corrected chi connectivity index (χ4v) is 4.34. The summed E-state index contributed by atoms with van der Waals surface area (Å²) < 4.78 is 35.6. The SMILES string of the molecule is Cn1nnc(-c2nc3c(n2C)CN([C@H]2CO[C@H](c4cc(F)ccc4F)[C@@H](N)C2)C3)n1. The summed E-state index contributed by atoms with van der Waals surface area (Å²) in [5, 5.41) is 12.1. The molecule has 4 heterocycles. The number of hydrogen-bond acceptors (Lipinski definition) is 7. The zero-order chi connectivity index (χ0) is 21.0. The Kier molecular flexibility index (Phi) is 4.60. The molecule has 3 atom stereocenters. The van der Waals surface area contributed by atoms with Gasteiger partial charge in [-0.3, -0.25) is 4.90 Å². The van der Waals surface area contributed by atoms with Gasteiger partial charge in [0, 0.05) is 37.8 Å². The molecule has 2 N–H and O–H groups in total. The normalized spacial score (nSPS) is 24.4. The van der Waals surface area contributed by atoms with Gasteiger partial charge in [-0.05, 0) is 29.8 Å². The highest BCUT2D eigenvalue weighted by Crippen LogP contribution is 2.34. The molecule has 5 rings (SSSR count). The van der Waals surface area contributed by atoms with Gasteiger partial charge < -0.3 is 15.0 Å². The Morgan fingerprint density at radius 3 is 2.73 bits per heavy atom. The summed E-state index contributed by atoms with van der Waals surface area (Å²) in [6, 6.07) is 3.00. The van der Waals surface area contributed by atoms with Gasteiger partial charge in [0.05, 0.1) is 25.0 Å². The molecule has 2 aliphatic rings. The minimum atomic E-state index is -0.658. The van der Waals surface area contributed by atoms with Crippen molar-refractivity contribution in [2.45, 2.75) is 37.7 Å². The Morgan fingerprint density at radius 1 is 1.20 bits per heavy atom. The first-order valence-electron chi connectivity index (χ1n) is 9.75. The molecule has 0 radical (unpaired) electrons. The summed E-state index contributed by atoms with van der Waals surface area (Å²) >= 11 is 0. The molecule has 1 fully saturated rings. The molecule has 0 amide bonds. The largest absolute Gasteiger partial charge is 0.370 e. The molecular weight excluding hydrogens is 394 g/mol. The molecule has 3 aromatic rings. The molecule has 0 unspecified atom stereocenters. The zero-order valence-corrected chi connectivity index (χ0v) is 16.7. The highest BCUT2D eigenvalue weighted by molar-refractivity contribution is 5.46. The Labute approximate surface area is 171 Å². The minimum Gasteiger partial charge on any atom is -0.370 e. The number of fused-ring (bicyclic) bond motifs is 1. The number of aryl methyl sites for hydroxylation is 1. The summed E-state index contributed by atoms with van der Waals surface area (Å²) in [5.41, 5.74) is 8.54. The summed E-state index contributed by atoms with van der Waals surface area (Å²) in [6.07, 6.45) is -0.0397. The van der Waals surface area contributed by atoms with E-state index in [0.29, 0.717) is 37.8 Å². The smallest absolute Gasteiger partial charge is 0.240 e. The van der Waals surface area contributed by atoms with Crippen molar-refractivity contribution in [3.63, 3.8) is 0 Å². The third-order valence-electron chi connectivity index (χ3n) is 5.89. The molecule has 11 heteroatoms. The van der Waals surface area contributed by atoms with E-state index in [2.05, 4.69) is 20.3 Å². The number of hydrogen-bond donors (Lipinski definition) is 1. The molecule has 0 saturated carbocycles. The molecule has 0 aliphatic carbocycles. The molecule has 1 saturated heterocycles. The van der Waals surface area contributed by atoms with Crippen LogP contribution in [-0.4, -0.2) is 53.3 Å². The van der Waals surface area contributed by atoms with Gasteiger partial charge in [-0.15, -0.1) is 10.2 Å². The molecule has 30 heavy (non-hydrogen) atoms. The molecule has 2 aromatic heterocycles. The van der Waals surface area contributed by atoms with E-state index in [9.17, 15) is 8.78 Å². The number of nitrogens with zero attached hydrogens (tertiary/aromatic N) is 7. The van der Waals surface area contributed by atoms with Gasteiger partial charge in [-0.1, -0.05) is 0 Å². The van der Waals surface area contributed by atoms with E-state index in [0.717, 1.165) is 29.6 Å². The highest BCUT2D eigenvalue weighted by Gasteiger charge is 2.38. The first kappa shape index (κ1) is 19.2. The predicted octanol–water partition coefficient (Wildman–Crippen LogP) is 1.06. The number of benzene rings is 1. The van der Waals surface area contributed by atoms with E-state index < -0.39 is 23.8 Å². The topological polar surface area (TPSA) is 99.9 Å². The quantitative estimate of drug-likeness (QED) is 0.682. The number of tetrazole rings is 1. The number of ether oxygens (including phenoxy) is 1. The van der Waals surface area contributed by atoms with Crippen LogP contribution in [0.4, 0.5) is 8.78 Å². The first-order chi connectivity index (χ1) is 14.4. The summed E-state index contributed by atoms with van der Waals surface area (Å²) in [7, 11) is 3.65. The van der Waals surface area contributed by atoms with Crippen molar-refractivity contribution in [2.24, 2.45) is 19.8 Å². The summed E-state index contributed by atoms with van der Waals surface area (Å²) in [5.74, 6) is 0.173. The van der Waals surface area contributed by atoms with Crippen molar-refractivity contribution in [3.8, 4) is 11.6 Å². The second-order valence-corrected chi connectivity index (χ2v) is 7.87. The van der Waals surface area contributed by atoms with Crippen LogP contribution in [0.1, 0.15) is 29.5 Å². The fraction of sp³-hybridized carbons (Fsp3) is 0.474. The minimum absolute atomic E-state index is 0.0696. The maximum atomic E-state index is 14.1. The van der Waals surface area contributed by atoms with Gasteiger partial charge in [0.1, 0.15) is 17.7 Å². The zero-order valence-electron chi connectivity index (χ0n) is 16.7. The van der Waals surface area contributed by atoms with Crippen LogP contribution in [0.2, 0.25) is 0 Å². The van der Waals surface area contributed by atoms with Crippen molar-refractivity contribution in [1.82, 2.24) is 34.7 Å². The van der Waals surface area contributed by atoms with Crippen LogP contribution in [0, 0.1) is 11.6 Å². The van der Waals surface area contributed by atoms with Crippen molar-refractivity contribution in [1.29, 1.82) is 0 Å². The number of imidazole rings is 1. The van der Waals surface area contributed by atoms with E-state index in [1.54, 1.807) is 7.05 Å². The standard InChI is InChI=1S/C19H22F2N8O/c1-27-16-8-29(7-15(16)23-19(27)18-24-26-28(2)25-18)11-6-14(22)17(30-9-11)12-5-10(20)3-4-13(12)21/h3-5,11,14,17H,6-9,22H2,1-2H3/t11-,14+,17-/m1/s1. The van der Waals surface area contributed by atoms with Crippen molar-refractivity contribution < 1.29 is 13.5 Å². The molecule has 1 aromatic carbocycles.